The lowest BCUT2D eigenvalue weighted by molar-refractivity contribution is -0.0399. The van der Waals surface area contributed by atoms with Gasteiger partial charge in [0.15, 0.2) is 0 Å². The quantitative estimate of drug-likeness (QED) is 0.174. The van der Waals surface area contributed by atoms with E-state index in [2.05, 4.69) is 146 Å². The SMILES string of the molecule is c1ccc(-c2cccc(-c3c4ccccc4c(-c4cccc5c4-c4ccccc4C54C5CC6CC(C5)CC4C6)c4ccccc34)c2)cc1. The second-order valence-corrected chi connectivity index (χ2v) is 15.2. The molecule has 4 bridgehead atoms. The van der Waals surface area contributed by atoms with Crippen LogP contribution in [0.5, 0.6) is 0 Å². The molecule has 48 heavy (non-hydrogen) atoms. The molecule has 0 N–H and O–H groups in total. The molecule has 0 nitrogen and oxygen atoms in total. The Kier molecular flexibility index (Phi) is 5.66. The Morgan fingerprint density at radius 3 is 1.54 bits per heavy atom. The fraction of sp³-hybridized carbons (Fsp3) is 0.208. The maximum Gasteiger partial charge on any atom is 0.0272 e. The number of benzene rings is 7. The first-order valence-electron chi connectivity index (χ1n) is 18.1. The highest BCUT2D eigenvalue weighted by molar-refractivity contribution is 6.22. The van der Waals surface area contributed by atoms with E-state index in [4.69, 9.17) is 0 Å². The third-order valence-corrected chi connectivity index (χ3v) is 13.0. The highest BCUT2D eigenvalue weighted by atomic mass is 14.6. The zero-order valence-corrected chi connectivity index (χ0v) is 27.2. The fourth-order valence-electron chi connectivity index (χ4n) is 11.6. The first kappa shape index (κ1) is 27.1. The minimum atomic E-state index is 0.165. The van der Waals surface area contributed by atoms with E-state index in [0.29, 0.717) is 0 Å². The summed E-state index contributed by atoms with van der Waals surface area (Å²) in [6.45, 7) is 0. The lowest BCUT2D eigenvalue weighted by Crippen LogP contribution is -2.55. The van der Waals surface area contributed by atoms with Crippen LogP contribution < -0.4 is 0 Å². The maximum atomic E-state index is 2.54. The van der Waals surface area contributed by atoms with E-state index in [9.17, 15) is 0 Å². The van der Waals surface area contributed by atoms with E-state index >= 15 is 0 Å². The van der Waals surface area contributed by atoms with Gasteiger partial charge in [-0.15, -0.1) is 0 Å². The van der Waals surface area contributed by atoms with Crippen LogP contribution >= 0.6 is 0 Å². The molecular formula is C48H38. The van der Waals surface area contributed by atoms with Gasteiger partial charge >= 0.3 is 0 Å². The zero-order valence-electron chi connectivity index (χ0n) is 27.2. The summed E-state index contributed by atoms with van der Waals surface area (Å²) in [6, 6.07) is 55.2. The van der Waals surface area contributed by atoms with Crippen LogP contribution in [-0.2, 0) is 5.41 Å². The Bertz CT molecular complexity index is 2330. The third-order valence-electron chi connectivity index (χ3n) is 13.0. The van der Waals surface area contributed by atoms with Gasteiger partial charge in [-0.1, -0.05) is 140 Å². The van der Waals surface area contributed by atoms with Crippen LogP contribution in [0.1, 0.15) is 43.2 Å². The summed E-state index contributed by atoms with van der Waals surface area (Å²) in [4.78, 5) is 0. The highest BCUT2D eigenvalue weighted by Gasteiger charge is 2.61. The van der Waals surface area contributed by atoms with E-state index in [-0.39, 0.29) is 5.41 Å². The van der Waals surface area contributed by atoms with Crippen molar-refractivity contribution in [1.29, 1.82) is 0 Å². The van der Waals surface area contributed by atoms with Crippen molar-refractivity contribution in [2.45, 2.75) is 37.5 Å². The molecule has 0 aliphatic heterocycles. The van der Waals surface area contributed by atoms with E-state index < -0.39 is 0 Å². The van der Waals surface area contributed by atoms with Crippen LogP contribution in [0.4, 0.5) is 0 Å². The van der Waals surface area contributed by atoms with Gasteiger partial charge in [-0.05, 0) is 139 Å². The standard InChI is InChI=1S/C48H38/c1-2-12-32(13-3-1)33-14-10-15-34(29-33)45-37-16-4-6-18-39(37)46(40-19-7-5-17-38(40)45)42-21-11-23-44-47(42)41-20-8-9-22-43(41)48(44)35-25-30-24-31(27-35)28-36(48)26-30/h1-23,29-31,35-36H,24-28H2. The minimum Gasteiger partial charge on any atom is -0.0622 e. The van der Waals surface area contributed by atoms with Crippen molar-refractivity contribution in [2.75, 3.05) is 0 Å². The van der Waals surface area contributed by atoms with E-state index in [1.54, 1.807) is 11.1 Å². The van der Waals surface area contributed by atoms with Crippen molar-refractivity contribution >= 4 is 21.5 Å². The Hall–Kier alpha value is -4.94. The molecule has 4 saturated carbocycles. The molecule has 0 aromatic heterocycles. The molecule has 0 radical (unpaired) electrons. The van der Waals surface area contributed by atoms with Crippen LogP contribution in [-0.4, -0.2) is 0 Å². The molecule has 7 aromatic rings. The summed E-state index contributed by atoms with van der Waals surface area (Å²) in [6.07, 6.45) is 7.12. The molecule has 0 unspecified atom stereocenters. The maximum absolute atomic E-state index is 2.54. The molecule has 5 aliphatic carbocycles. The summed E-state index contributed by atoms with van der Waals surface area (Å²) in [5.74, 6) is 3.41. The first-order valence-corrected chi connectivity index (χ1v) is 18.1. The topological polar surface area (TPSA) is 0 Å². The van der Waals surface area contributed by atoms with Crippen LogP contribution in [0.15, 0.2) is 146 Å². The second kappa shape index (κ2) is 10.0. The Morgan fingerprint density at radius 2 is 0.854 bits per heavy atom. The Morgan fingerprint density at radius 1 is 0.354 bits per heavy atom. The smallest absolute Gasteiger partial charge is 0.0272 e. The van der Waals surface area contributed by atoms with E-state index in [1.807, 2.05) is 0 Å². The fourth-order valence-corrected chi connectivity index (χ4v) is 11.6. The van der Waals surface area contributed by atoms with Crippen molar-refractivity contribution in [3.63, 3.8) is 0 Å². The first-order chi connectivity index (χ1) is 23.8. The summed E-state index contributed by atoms with van der Waals surface area (Å²) < 4.78 is 0. The molecule has 0 heteroatoms. The van der Waals surface area contributed by atoms with Gasteiger partial charge in [0.1, 0.15) is 0 Å². The van der Waals surface area contributed by atoms with Crippen molar-refractivity contribution in [3.05, 3.63) is 157 Å². The van der Waals surface area contributed by atoms with Gasteiger partial charge in [-0.25, -0.2) is 0 Å². The lowest BCUT2D eigenvalue weighted by atomic mass is 9.43. The predicted octanol–water partition coefficient (Wildman–Crippen LogP) is 12.7. The normalized spacial score (nSPS) is 24.8. The second-order valence-electron chi connectivity index (χ2n) is 15.2. The Labute approximate surface area is 283 Å². The van der Waals surface area contributed by atoms with Gasteiger partial charge in [0.05, 0.1) is 0 Å². The molecule has 1 spiro atoms. The average Bonchev–Trinajstić information content (AvgIpc) is 3.44. The molecule has 0 amide bonds. The van der Waals surface area contributed by atoms with Crippen LogP contribution in [0, 0.1) is 23.7 Å². The van der Waals surface area contributed by atoms with Gasteiger partial charge in [-0.2, -0.15) is 0 Å². The van der Waals surface area contributed by atoms with Crippen molar-refractivity contribution in [1.82, 2.24) is 0 Å². The number of hydrogen-bond acceptors (Lipinski definition) is 0. The molecule has 0 atom stereocenters. The molecule has 5 aliphatic rings. The van der Waals surface area contributed by atoms with E-state index in [0.717, 1.165) is 23.7 Å². The van der Waals surface area contributed by atoms with Crippen LogP contribution in [0.2, 0.25) is 0 Å². The molecule has 0 saturated heterocycles. The third kappa shape index (κ3) is 3.56. The number of rotatable bonds is 3. The lowest BCUT2D eigenvalue weighted by Gasteiger charge is -2.61. The molecular weight excluding hydrogens is 577 g/mol. The molecule has 7 aromatic carbocycles. The summed E-state index contributed by atoms with van der Waals surface area (Å²) in [7, 11) is 0. The van der Waals surface area contributed by atoms with Crippen LogP contribution in [0.3, 0.4) is 0 Å². The monoisotopic (exact) mass is 614 g/mol. The van der Waals surface area contributed by atoms with Gasteiger partial charge in [0, 0.05) is 5.41 Å². The largest absolute Gasteiger partial charge is 0.0622 e. The molecule has 230 valence electrons. The molecule has 0 heterocycles. The summed E-state index contributed by atoms with van der Waals surface area (Å²) >= 11 is 0. The van der Waals surface area contributed by atoms with Gasteiger partial charge < -0.3 is 0 Å². The number of hydrogen-bond donors (Lipinski definition) is 0. The zero-order chi connectivity index (χ0) is 31.4. The molecule has 12 rings (SSSR count). The van der Waals surface area contributed by atoms with Gasteiger partial charge in [0.2, 0.25) is 0 Å². The number of fused-ring (bicyclic) bond motifs is 5. The molecule has 4 fully saturated rings. The van der Waals surface area contributed by atoms with Gasteiger partial charge in [0.25, 0.3) is 0 Å². The highest BCUT2D eigenvalue weighted by Crippen LogP contribution is 2.70. The van der Waals surface area contributed by atoms with Crippen LogP contribution in [0.25, 0.3) is 66.1 Å². The van der Waals surface area contributed by atoms with Crippen molar-refractivity contribution in [3.8, 4) is 44.5 Å². The summed E-state index contributed by atoms with van der Waals surface area (Å²) in [5.41, 5.74) is 14.3. The van der Waals surface area contributed by atoms with Crippen molar-refractivity contribution in [2.24, 2.45) is 23.7 Å². The van der Waals surface area contributed by atoms with Gasteiger partial charge in [-0.3, -0.25) is 0 Å². The summed E-state index contributed by atoms with van der Waals surface area (Å²) in [5, 5.41) is 5.33. The minimum absolute atomic E-state index is 0.165. The van der Waals surface area contributed by atoms with E-state index in [1.165, 1.54) is 98.2 Å². The Balaban J connectivity index is 1.20. The predicted molar refractivity (Wildman–Crippen MR) is 201 cm³/mol. The van der Waals surface area contributed by atoms with Crippen molar-refractivity contribution < 1.29 is 0 Å². The average molecular weight is 615 g/mol.